The van der Waals surface area contributed by atoms with E-state index in [2.05, 4.69) is 41.6 Å². The molecule has 0 bridgehead atoms. The first-order valence-electron chi connectivity index (χ1n) is 9.77. The lowest BCUT2D eigenvalue weighted by Crippen LogP contribution is -2.69. The molecular formula is C19H36N6O2. The van der Waals surface area contributed by atoms with Crippen LogP contribution in [0.3, 0.4) is 0 Å². The average Bonchev–Trinajstić information content (AvgIpc) is 2.96. The summed E-state index contributed by atoms with van der Waals surface area (Å²) in [6.45, 7) is 13.4. The van der Waals surface area contributed by atoms with Crippen LogP contribution in [0, 0.1) is 12.3 Å². The SMILES string of the molecule is CCOCCCNC(=NCc1nnc(C)n1C)NC1CC(C)(OC)C1(C)C. The van der Waals surface area contributed by atoms with E-state index in [0.29, 0.717) is 12.6 Å². The fourth-order valence-corrected chi connectivity index (χ4v) is 3.30. The summed E-state index contributed by atoms with van der Waals surface area (Å²) in [5.41, 5.74) is -0.109. The predicted molar refractivity (Wildman–Crippen MR) is 107 cm³/mol. The molecule has 1 aliphatic carbocycles. The Kier molecular flexibility index (Phi) is 7.22. The summed E-state index contributed by atoms with van der Waals surface area (Å²) < 4.78 is 13.1. The number of aliphatic imine (C=N–C) groups is 1. The molecule has 0 spiro atoms. The summed E-state index contributed by atoms with van der Waals surface area (Å²) in [5.74, 6) is 2.52. The van der Waals surface area contributed by atoms with Gasteiger partial charge in [0, 0.05) is 45.4 Å². The number of hydrogen-bond donors (Lipinski definition) is 2. The number of nitrogens with zero attached hydrogens (tertiary/aromatic N) is 4. The molecule has 2 atom stereocenters. The van der Waals surface area contributed by atoms with Crippen LogP contribution in [0.1, 0.15) is 52.2 Å². The van der Waals surface area contributed by atoms with Gasteiger partial charge in [0.05, 0.1) is 5.60 Å². The molecule has 0 aliphatic heterocycles. The predicted octanol–water partition coefficient (Wildman–Crippen LogP) is 1.79. The lowest BCUT2D eigenvalue weighted by molar-refractivity contribution is -0.176. The molecule has 1 saturated carbocycles. The van der Waals surface area contributed by atoms with Crippen molar-refractivity contribution in [1.29, 1.82) is 0 Å². The van der Waals surface area contributed by atoms with Gasteiger partial charge in [0.15, 0.2) is 11.8 Å². The number of hydrogen-bond acceptors (Lipinski definition) is 5. The van der Waals surface area contributed by atoms with Gasteiger partial charge in [0.1, 0.15) is 12.4 Å². The van der Waals surface area contributed by atoms with Crippen LogP contribution in [-0.2, 0) is 23.1 Å². The molecular weight excluding hydrogens is 344 g/mol. The van der Waals surface area contributed by atoms with Crippen molar-refractivity contribution in [2.75, 3.05) is 26.9 Å². The van der Waals surface area contributed by atoms with Crippen molar-refractivity contribution in [3.05, 3.63) is 11.6 Å². The fourth-order valence-electron chi connectivity index (χ4n) is 3.30. The number of nitrogens with one attached hydrogen (secondary N) is 2. The highest BCUT2D eigenvalue weighted by molar-refractivity contribution is 5.80. The number of rotatable bonds is 9. The van der Waals surface area contributed by atoms with Crippen LogP contribution in [-0.4, -0.2) is 59.2 Å². The standard InChI is InChI=1S/C19H36N6O2/c1-8-27-11-9-10-20-17(21-13-16-24-23-14(2)25(16)6)22-15-12-19(5,26-7)18(15,3)4/h15H,8-13H2,1-7H3,(H2,20,21,22). The van der Waals surface area contributed by atoms with Gasteiger partial charge in [-0.3, -0.25) is 0 Å². The van der Waals surface area contributed by atoms with Gasteiger partial charge in [-0.15, -0.1) is 10.2 Å². The molecule has 8 heteroatoms. The average molecular weight is 381 g/mol. The fraction of sp³-hybridized carbons (Fsp3) is 0.842. The Labute approximate surface area is 163 Å². The van der Waals surface area contributed by atoms with E-state index >= 15 is 0 Å². The van der Waals surface area contributed by atoms with Gasteiger partial charge in [0.25, 0.3) is 0 Å². The second-order valence-corrected chi connectivity index (χ2v) is 7.92. The third kappa shape index (κ3) is 4.79. The van der Waals surface area contributed by atoms with Crippen molar-refractivity contribution in [3.8, 4) is 0 Å². The van der Waals surface area contributed by atoms with E-state index in [-0.39, 0.29) is 11.0 Å². The molecule has 154 valence electrons. The zero-order chi connectivity index (χ0) is 20.1. The number of aromatic nitrogens is 3. The number of methoxy groups -OCH3 is 1. The van der Waals surface area contributed by atoms with Crippen molar-refractivity contribution in [1.82, 2.24) is 25.4 Å². The van der Waals surface area contributed by atoms with Crippen LogP contribution in [0.25, 0.3) is 0 Å². The van der Waals surface area contributed by atoms with Crippen molar-refractivity contribution in [2.45, 2.75) is 65.6 Å². The maximum atomic E-state index is 5.74. The molecule has 0 aromatic carbocycles. The molecule has 1 fully saturated rings. The van der Waals surface area contributed by atoms with Crippen molar-refractivity contribution in [2.24, 2.45) is 17.5 Å². The molecule has 2 unspecified atom stereocenters. The summed E-state index contributed by atoms with van der Waals surface area (Å²) >= 11 is 0. The smallest absolute Gasteiger partial charge is 0.191 e. The third-order valence-corrected chi connectivity index (χ3v) is 6.11. The van der Waals surface area contributed by atoms with E-state index in [0.717, 1.165) is 50.2 Å². The molecule has 0 radical (unpaired) electrons. The Hall–Kier alpha value is -1.67. The van der Waals surface area contributed by atoms with Crippen molar-refractivity contribution >= 4 is 5.96 Å². The van der Waals surface area contributed by atoms with E-state index in [9.17, 15) is 0 Å². The van der Waals surface area contributed by atoms with E-state index < -0.39 is 0 Å². The first kappa shape index (κ1) is 21.6. The summed E-state index contributed by atoms with van der Waals surface area (Å²) in [7, 11) is 3.75. The van der Waals surface area contributed by atoms with Crippen molar-refractivity contribution < 1.29 is 9.47 Å². The van der Waals surface area contributed by atoms with Crippen LogP contribution in [0.15, 0.2) is 4.99 Å². The zero-order valence-corrected chi connectivity index (χ0v) is 17.9. The monoisotopic (exact) mass is 380 g/mol. The Balaban J connectivity index is 2.01. The highest BCUT2D eigenvalue weighted by atomic mass is 16.5. The van der Waals surface area contributed by atoms with Gasteiger partial charge in [-0.05, 0) is 33.6 Å². The molecule has 1 aliphatic rings. The van der Waals surface area contributed by atoms with Crippen LogP contribution in [0.2, 0.25) is 0 Å². The molecule has 2 N–H and O–H groups in total. The Morgan fingerprint density at radius 2 is 2.07 bits per heavy atom. The molecule has 1 aromatic rings. The molecule has 0 amide bonds. The van der Waals surface area contributed by atoms with Crippen molar-refractivity contribution in [3.63, 3.8) is 0 Å². The molecule has 2 rings (SSSR count). The first-order chi connectivity index (χ1) is 12.7. The first-order valence-corrected chi connectivity index (χ1v) is 9.77. The third-order valence-electron chi connectivity index (χ3n) is 6.11. The van der Waals surface area contributed by atoms with Gasteiger partial charge in [-0.2, -0.15) is 0 Å². The minimum Gasteiger partial charge on any atom is -0.382 e. The summed E-state index contributed by atoms with van der Waals surface area (Å²) in [5, 5.41) is 15.3. The second kappa shape index (κ2) is 9.01. The van der Waals surface area contributed by atoms with Gasteiger partial charge in [-0.25, -0.2) is 4.99 Å². The largest absolute Gasteiger partial charge is 0.382 e. The highest BCUT2D eigenvalue weighted by Gasteiger charge is 2.58. The normalized spacial score (nSPS) is 24.6. The van der Waals surface area contributed by atoms with Crippen LogP contribution < -0.4 is 10.6 Å². The maximum Gasteiger partial charge on any atom is 0.191 e. The quantitative estimate of drug-likeness (QED) is 0.386. The summed E-state index contributed by atoms with van der Waals surface area (Å²) in [6, 6.07) is 0.293. The number of ether oxygens (including phenoxy) is 2. The van der Waals surface area contributed by atoms with Gasteiger partial charge in [-0.1, -0.05) is 13.8 Å². The van der Waals surface area contributed by atoms with Gasteiger partial charge < -0.3 is 24.7 Å². The summed E-state index contributed by atoms with van der Waals surface area (Å²) in [4.78, 5) is 4.74. The number of aryl methyl sites for hydroxylation is 1. The lowest BCUT2D eigenvalue weighted by atomic mass is 9.56. The van der Waals surface area contributed by atoms with Gasteiger partial charge in [0.2, 0.25) is 0 Å². The zero-order valence-electron chi connectivity index (χ0n) is 17.9. The Morgan fingerprint density at radius 1 is 1.33 bits per heavy atom. The minimum atomic E-state index is -0.120. The molecule has 27 heavy (non-hydrogen) atoms. The van der Waals surface area contributed by atoms with E-state index in [1.54, 1.807) is 7.11 Å². The molecule has 1 aromatic heterocycles. The lowest BCUT2D eigenvalue weighted by Gasteiger charge is -2.59. The molecule has 1 heterocycles. The maximum absolute atomic E-state index is 5.74. The summed E-state index contributed by atoms with van der Waals surface area (Å²) in [6.07, 6.45) is 1.88. The highest BCUT2D eigenvalue weighted by Crippen LogP contribution is 2.51. The van der Waals surface area contributed by atoms with E-state index in [1.807, 2.05) is 25.5 Å². The Morgan fingerprint density at radius 3 is 2.63 bits per heavy atom. The Bertz CT molecular complexity index is 642. The molecule has 0 saturated heterocycles. The minimum absolute atomic E-state index is 0.0108. The van der Waals surface area contributed by atoms with Gasteiger partial charge >= 0.3 is 0 Å². The number of guanidine groups is 1. The van der Waals surface area contributed by atoms with Crippen LogP contribution in [0.5, 0.6) is 0 Å². The van der Waals surface area contributed by atoms with E-state index in [1.165, 1.54) is 0 Å². The van der Waals surface area contributed by atoms with Crippen LogP contribution >= 0.6 is 0 Å². The topological polar surface area (TPSA) is 85.6 Å². The molecule has 8 nitrogen and oxygen atoms in total. The second-order valence-electron chi connectivity index (χ2n) is 7.92. The van der Waals surface area contributed by atoms with Crippen LogP contribution in [0.4, 0.5) is 0 Å². The van der Waals surface area contributed by atoms with E-state index in [4.69, 9.17) is 14.5 Å².